The lowest BCUT2D eigenvalue weighted by molar-refractivity contribution is -0.129. The van der Waals surface area contributed by atoms with Crippen molar-refractivity contribution in [2.24, 2.45) is 0 Å². The van der Waals surface area contributed by atoms with Gasteiger partial charge in [0.25, 0.3) is 0 Å². The van der Waals surface area contributed by atoms with E-state index in [1.165, 1.54) is 4.70 Å². The summed E-state index contributed by atoms with van der Waals surface area (Å²) in [6, 6.07) is 15.9. The van der Waals surface area contributed by atoms with Gasteiger partial charge in [-0.15, -0.1) is 11.3 Å². The van der Waals surface area contributed by atoms with Gasteiger partial charge in [0, 0.05) is 12.6 Å². The van der Waals surface area contributed by atoms with Gasteiger partial charge in [0.2, 0.25) is 5.91 Å². The predicted octanol–water partition coefficient (Wildman–Crippen LogP) is 5.07. The summed E-state index contributed by atoms with van der Waals surface area (Å²) in [5.41, 5.74) is 1.97. The summed E-state index contributed by atoms with van der Waals surface area (Å²) < 4.78 is 6.42. The molecule has 0 saturated carbocycles. The zero-order valence-electron chi connectivity index (χ0n) is 15.3. The molecule has 5 heteroatoms. The summed E-state index contributed by atoms with van der Waals surface area (Å²) in [7, 11) is 1.64. The topological polar surface area (TPSA) is 42.4 Å². The number of nitrogens with zero attached hydrogens (tertiary/aromatic N) is 2. The van der Waals surface area contributed by atoms with E-state index in [0.29, 0.717) is 0 Å². The molecule has 1 saturated heterocycles. The predicted molar refractivity (Wildman–Crippen MR) is 110 cm³/mol. The molecular weight excluding hydrogens is 356 g/mol. The number of rotatable bonds is 4. The van der Waals surface area contributed by atoms with E-state index in [0.717, 1.165) is 47.6 Å². The summed E-state index contributed by atoms with van der Waals surface area (Å²) in [5.74, 6) is 0.830. The van der Waals surface area contributed by atoms with Crippen LogP contribution in [-0.4, -0.2) is 29.4 Å². The Morgan fingerprint density at radius 1 is 1.22 bits per heavy atom. The number of hydrogen-bond donors (Lipinski definition) is 0. The fourth-order valence-electron chi connectivity index (χ4n) is 3.49. The number of carbonyl (C=O) groups excluding carboxylic acids is 1. The zero-order valence-corrected chi connectivity index (χ0v) is 16.1. The smallest absolute Gasteiger partial charge is 0.247 e. The van der Waals surface area contributed by atoms with E-state index in [1.54, 1.807) is 24.5 Å². The van der Waals surface area contributed by atoms with Crippen LogP contribution in [0.25, 0.3) is 16.3 Å². The highest BCUT2D eigenvalue weighted by Gasteiger charge is 2.29. The lowest BCUT2D eigenvalue weighted by Gasteiger charge is -2.33. The maximum atomic E-state index is 12.9. The number of piperidine rings is 1. The number of amides is 1. The second-order valence-electron chi connectivity index (χ2n) is 6.67. The molecule has 0 radical (unpaired) electrons. The molecule has 3 aromatic rings. The maximum Gasteiger partial charge on any atom is 0.247 e. The summed E-state index contributed by atoms with van der Waals surface area (Å²) in [6.45, 7) is 0.780. The quantitative estimate of drug-likeness (QED) is 0.595. The molecule has 0 aliphatic carbocycles. The molecule has 1 aliphatic rings. The Hall–Kier alpha value is -2.66. The van der Waals surface area contributed by atoms with Crippen molar-refractivity contribution in [2.75, 3.05) is 13.7 Å². The lowest BCUT2D eigenvalue weighted by atomic mass is 10.0. The number of likely N-dealkylation sites (tertiary alicyclic amines) is 1. The second-order valence-corrected chi connectivity index (χ2v) is 7.74. The standard InChI is InChI=1S/C22H22N2O2S/c1-26-17-8-6-7-16(15-17)12-13-21(25)24-14-5-4-10-19(24)22-23-18-9-2-3-11-20(18)27-22/h2-3,6-9,11-13,15,19H,4-5,10,14H2,1H3/b13-12+/t19-/m1/s1. The average Bonchev–Trinajstić information content (AvgIpc) is 3.16. The first-order valence-corrected chi connectivity index (χ1v) is 10.0. The Morgan fingerprint density at radius 2 is 2.11 bits per heavy atom. The molecule has 0 spiro atoms. The van der Waals surface area contributed by atoms with Crippen molar-refractivity contribution >= 4 is 33.5 Å². The molecule has 138 valence electrons. The van der Waals surface area contributed by atoms with E-state index in [2.05, 4.69) is 6.07 Å². The van der Waals surface area contributed by atoms with Crippen LogP contribution in [0.3, 0.4) is 0 Å². The van der Waals surface area contributed by atoms with Gasteiger partial charge in [-0.25, -0.2) is 4.98 Å². The van der Waals surface area contributed by atoms with Gasteiger partial charge in [0.15, 0.2) is 0 Å². The summed E-state index contributed by atoms with van der Waals surface area (Å²) >= 11 is 1.70. The van der Waals surface area contributed by atoms with Crippen molar-refractivity contribution in [1.82, 2.24) is 9.88 Å². The van der Waals surface area contributed by atoms with Crippen molar-refractivity contribution in [3.8, 4) is 5.75 Å². The zero-order chi connectivity index (χ0) is 18.6. The van der Waals surface area contributed by atoms with Gasteiger partial charge in [-0.3, -0.25) is 4.79 Å². The largest absolute Gasteiger partial charge is 0.497 e. The Labute approximate surface area is 163 Å². The number of para-hydroxylation sites is 1. The molecule has 4 rings (SSSR count). The van der Waals surface area contributed by atoms with E-state index in [9.17, 15) is 4.79 Å². The molecule has 1 aromatic heterocycles. The minimum absolute atomic E-state index is 0.0433. The number of benzene rings is 2. The number of methoxy groups -OCH3 is 1. The maximum absolute atomic E-state index is 12.9. The Morgan fingerprint density at radius 3 is 2.96 bits per heavy atom. The van der Waals surface area contributed by atoms with Gasteiger partial charge in [0.1, 0.15) is 10.8 Å². The number of fused-ring (bicyclic) bond motifs is 1. The molecule has 0 bridgehead atoms. The molecule has 2 heterocycles. The normalized spacial score (nSPS) is 17.5. The van der Waals surface area contributed by atoms with Gasteiger partial charge < -0.3 is 9.64 Å². The van der Waals surface area contributed by atoms with Crippen LogP contribution in [0.4, 0.5) is 0 Å². The Kier molecular flexibility index (Phi) is 5.21. The third kappa shape index (κ3) is 3.88. The Balaban J connectivity index is 1.56. The van der Waals surface area contributed by atoms with Crippen LogP contribution in [0.2, 0.25) is 0 Å². The van der Waals surface area contributed by atoms with Crippen LogP contribution in [0.5, 0.6) is 5.75 Å². The van der Waals surface area contributed by atoms with Gasteiger partial charge in [-0.05, 0) is 55.2 Å². The van der Waals surface area contributed by atoms with Crippen LogP contribution in [0, 0.1) is 0 Å². The van der Waals surface area contributed by atoms with Crippen LogP contribution >= 0.6 is 11.3 Å². The minimum Gasteiger partial charge on any atom is -0.497 e. The highest BCUT2D eigenvalue weighted by molar-refractivity contribution is 7.18. The van der Waals surface area contributed by atoms with Crippen LogP contribution in [0.15, 0.2) is 54.6 Å². The van der Waals surface area contributed by atoms with E-state index in [1.807, 2.05) is 53.4 Å². The molecule has 1 atom stereocenters. The molecule has 4 nitrogen and oxygen atoms in total. The molecule has 1 fully saturated rings. The monoisotopic (exact) mass is 378 g/mol. The molecular formula is C22H22N2O2S. The van der Waals surface area contributed by atoms with Gasteiger partial charge in [-0.1, -0.05) is 24.3 Å². The molecule has 1 amide bonds. The van der Waals surface area contributed by atoms with Crippen LogP contribution in [-0.2, 0) is 4.79 Å². The van der Waals surface area contributed by atoms with E-state index < -0.39 is 0 Å². The number of hydrogen-bond acceptors (Lipinski definition) is 4. The van der Waals surface area contributed by atoms with E-state index in [4.69, 9.17) is 9.72 Å². The average molecular weight is 378 g/mol. The lowest BCUT2D eigenvalue weighted by Crippen LogP contribution is -2.37. The fraction of sp³-hybridized carbons (Fsp3) is 0.273. The molecule has 2 aromatic carbocycles. The summed E-state index contributed by atoms with van der Waals surface area (Å²) in [5, 5.41) is 1.04. The molecule has 1 aliphatic heterocycles. The highest BCUT2D eigenvalue weighted by atomic mass is 32.1. The summed E-state index contributed by atoms with van der Waals surface area (Å²) in [4.78, 5) is 19.7. The Bertz CT molecular complexity index is 946. The van der Waals surface area contributed by atoms with Crippen molar-refractivity contribution < 1.29 is 9.53 Å². The molecule has 27 heavy (non-hydrogen) atoms. The van der Waals surface area contributed by atoms with Crippen molar-refractivity contribution in [3.05, 3.63) is 65.2 Å². The van der Waals surface area contributed by atoms with E-state index >= 15 is 0 Å². The van der Waals surface area contributed by atoms with Gasteiger partial charge >= 0.3 is 0 Å². The molecule has 0 N–H and O–H groups in total. The van der Waals surface area contributed by atoms with Crippen molar-refractivity contribution in [1.29, 1.82) is 0 Å². The number of ether oxygens (including phenoxy) is 1. The number of carbonyl (C=O) groups is 1. The minimum atomic E-state index is 0.0433. The second kappa shape index (κ2) is 7.92. The first kappa shape index (κ1) is 17.7. The van der Waals surface area contributed by atoms with Gasteiger partial charge in [0.05, 0.1) is 23.4 Å². The molecule has 0 unspecified atom stereocenters. The summed E-state index contributed by atoms with van der Waals surface area (Å²) in [6.07, 6.45) is 6.66. The van der Waals surface area contributed by atoms with Crippen LogP contribution in [0.1, 0.15) is 35.9 Å². The van der Waals surface area contributed by atoms with Gasteiger partial charge in [-0.2, -0.15) is 0 Å². The first-order chi connectivity index (χ1) is 13.2. The highest BCUT2D eigenvalue weighted by Crippen LogP contribution is 2.35. The van der Waals surface area contributed by atoms with Crippen molar-refractivity contribution in [3.63, 3.8) is 0 Å². The van der Waals surface area contributed by atoms with E-state index in [-0.39, 0.29) is 11.9 Å². The third-order valence-corrected chi connectivity index (χ3v) is 6.03. The van der Waals surface area contributed by atoms with Crippen molar-refractivity contribution in [2.45, 2.75) is 25.3 Å². The van der Waals surface area contributed by atoms with Crippen LogP contribution < -0.4 is 4.74 Å². The third-order valence-electron chi connectivity index (χ3n) is 4.89. The number of aromatic nitrogens is 1. The first-order valence-electron chi connectivity index (χ1n) is 9.23. The fourth-order valence-corrected chi connectivity index (χ4v) is 4.61. The number of thiazole rings is 1. The SMILES string of the molecule is COc1cccc(/C=C/C(=O)N2CCCC[C@@H]2c2nc3ccccc3s2)c1.